The van der Waals surface area contributed by atoms with Crippen molar-refractivity contribution in [1.82, 2.24) is 4.90 Å². The minimum Gasteiger partial charge on any atom is -0.481 e. The van der Waals surface area contributed by atoms with E-state index in [4.69, 9.17) is 9.84 Å². The van der Waals surface area contributed by atoms with Crippen LogP contribution in [-0.2, 0) is 9.53 Å². The first-order chi connectivity index (χ1) is 11.0. The number of carbonyl (C=O) groups excluding carboxylic acids is 2. The van der Waals surface area contributed by atoms with E-state index in [0.717, 1.165) is 18.4 Å². The van der Waals surface area contributed by atoms with E-state index in [1.165, 1.54) is 23.3 Å². The van der Waals surface area contributed by atoms with E-state index < -0.39 is 17.9 Å². The molecule has 0 radical (unpaired) electrons. The van der Waals surface area contributed by atoms with Gasteiger partial charge in [-0.05, 0) is 36.1 Å². The van der Waals surface area contributed by atoms with E-state index >= 15 is 0 Å². The average Bonchev–Trinajstić information content (AvgIpc) is 3.10. The number of methoxy groups -OCH3 is 1. The third-order valence-corrected chi connectivity index (χ3v) is 5.19. The molecule has 1 aliphatic heterocycles. The molecule has 1 unspecified atom stereocenters. The van der Waals surface area contributed by atoms with Gasteiger partial charge in [0.05, 0.1) is 18.6 Å². The lowest BCUT2D eigenvalue weighted by molar-refractivity contribution is -0.141. The number of likely N-dealkylation sites (tertiary alicyclic amines) is 1. The Morgan fingerprint density at radius 1 is 1.35 bits per heavy atom. The minimum absolute atomic E-state index is 0.190. The molecular weight excluding hydrogens is 320 g/mol. The van der Waals surface area contributed by atoms with Gasteiger partial charge in [-0.1, -0.05) is 0 Å². The van der Waals surface area contributed by atoms with Gasteiger partial charge in [0, 0.05) is 13.1 Å². The summed E-state index contributed by atoms with van der Waals surface area (Å²) in [5.74, 6) is -1.49. The highest BCUT2D eigenvalue weighted by Gasteiger charge is 2.34. The second-order valence-electron chi connectivity index (χ2n) is 5.86. The molecule has 2 amide bonds. The van der Waals surface area contributed by atoms with Gasteiger partial charge in [-0.25, -0.2) is 9.59 Å². The molecule has 3 rings (SSSR count). The van der Waals surface area contributed by atoms with Crippen LogP contribution in [0.5, 0.6) is 0 Å². The third kappa shape index (κ3) is 3.17. The predicted molar refractivity (Wildman–Crippen MR) is 84.0 cm³/mol. The normalized spacial score (nSPS) is 20.4. The van der Waals surface area contributed by atoms with Crippen LogP contribution in [0.3, 0.4) is 0 Å². The Bertz CT molecular complexity index is 652. The first-order valence-electron chi connectivity index (χ1n) is 7.49. The summed E-state index contributed by atoms with van der Waals surface area (Å²) in [6.45, 7) is 0.590. The molecule has 124 valence electrons. The third-order valence-electron chi connectivity index (χ3n) is 4.27. The molecule has 1 aliphatic carbocycles. The summed E-state index contributed by atoms with van der Waals surface area (Å²) in [6, 6.07) is -0.372. The van der Waals surface area contributed by atoms with Crippen molar-refractivity contribution in [2.75, 3.05) is 25.5 Å². The fraction of sp³-hybridized carbons (Fsp3) is 0.533. The summed E-state index contributed by atoms with van der Waals surface area (Å²) in [6.07, 6.45) is 2.53. The second kappa shape index (κ2) is 6.19. The zero-order valence-corrected chi connectivity index (χ0v) is 13.5. The summed E-state index contributed by atoms with van der Waals surface area (Å²) in [4.78, 5) is 36.8. The molecule has 0 spiro atoms. The van der Waals surface area contributed by atoms with Crippen LogP contribution < -0.4 is 5.32 Å². The second-order valence-corrected chi connectivity index (χ2v) is 6.74. The molecule has 0 bridgehead atoms. The number of ether oxygens (including phenoxy) is 1. The number of carbonyl (C=O) groups is 3. The Labute approximate surface area is 137 Å². The standard InChI is InChI=1S/C15H18N2O5S/c1-22-14(20)11-10(8-2-3-8)7-23-12(11)16-15(21)17-5-4-9(6-17)13(18)19/h7-9H,2-6H2,1H3,(H,16,21)(H,18,19). The molecule has 1 aromatic rings. The van der Waals surface area contributed by atoms with Gasteiger partial charge in [0.25, 0.3) is 0 Å². The lowest BCUT2D eigenvalue weighted by Gasteiger charge is -2.16. The molecule has 7 nitrogen and oxygen atoms in total. The molecule has 2 aliphatic rings. The van der Waals surface area contributed by atoms with E-state index in [-0.39, 0.29) is 12.6 Å². The van der Waals surface area contributed by atoms with Gasteiger partial charge < -0.3 is 14.7 Å². The molecule has 2 N–H and O–H groups in total. The highest BCUT2D eigenvalue weighted by molar-refractivity contribution is 7.15. The minimum atomic E-state index is -0.886. The van der Waals surface area contributed by atoms with Crippen molar-refractivity contribution in [2.24, 2.45) is 5.92 Å². The molecule has 23 heavy (non-hydrogen) atoms. The molecule has 8 heteroatoms. The summed E-state index contributed by atoms with van der Waals surface area (Å²) in [5, 5.41) is 14.1. The number of esters is 1. The molecule has 1 aromatic heterocycles. The summed E-state index contributed by atoms with van der Waals surface area (Å²) in [5.41, 5.74) is 1.37. The summed E-state index contributed by atoms with van der Waals surface area (Å²) < 4.78 is 4.83. The van der Waals surface area contributed by atoms with E-state index in [2.05, 4.69) is 5.32 Å². The fourth-order valence-electron chi connectivity index (χ4n) is 2.79. The lowest BCUT2D eigenvalue weighted by atomic mass is 10.1. The van der Waals surface area contributed by atoms with E-state index in [1.54, 1.807) is 0 Å². The van der Waals surface area contributed by atoms with Crippen LogP contribution in [0.4, 0.5) is 9.80 Å². The zero-order chi connectivity index (χ0) is 16.6. The number of aliphatic carboxylic acids is 1. The molecule has 2 fully saturated rings. The number of thiophene rings is 1. The average molecular weight is 338 g/mol. The SMILES string of the molecule is COC(=O)c1c(C2CC2)csc1NC(=O)N1CCC(C(=O)O)C1. The highest BCUT2D eigenvalue weighted by Crippen LogP contribution is 2.46. The molecular formula is C15H18N2O5S. The van der Waals surface area contributed by atoms with Crippen LogP contribution in [0.15, 0.2) is 5.38 Å². The summed E-state index contributed by atoms with van der Waals surface area (Å²) in [7, 11) is 1.32. The maximum Gasteiger partial charge on any atom is 0.341 e. The van der Waals surface area contributed by atoms with Crippen molar-refractivity contribution in [3.63, 3.8) is 0 Å². The van der Waals surface area contributed by atoms with Gasteiger partial charge in [-0.2, -0.15) is 0 Å². The van der Waals surface area contributed by atoms with Crippen molar-refractivity contribution in [1.29, 1.82) is 0 Å². The number of carboxylic acid groups (broad SMARTS) is 1. The van der Waals surface area contributed by atoms with Crippen LogP contribution in [0.1, 0.15) is 41.1 Å². The molecule has 2 heterocycles. The Balaban J connectivity index is 1.74. The van der Waals surface area contributed by atoms with Crippen molar-refractivity contribution in [3.05, 3.63) is 16.5 Å². The quantitative estimate of drug-likeness (QED) is 0.822. The lowest BCUT2D eigenvalue weighted by Crippen LogP contribution is -2.34. The largest absolute Gasteiger partial charge is 0.481 e. The first-order valence-corrected chi connectivity index (χ1v) is 8.37. The Morgan fingerprint density at radius 2 is 2.09 bits per heavy atom. The maximum absolute atomic E-state index is 12.3. The van der Waals surface area contributed by atoms with Crippen LogP contribution in [0.2, 0.25) is 0 Å². The number of hydrogen-bond acceptors (Lipinski definition) is 5. The van der Waals surface area contributed by atoms with Crippen molar-refractivity contribution >= 4 is 34.3 Å². The Morgan fingerprint density at radius 3 is 2.65 bits per heavy atom. The number of anilines is 1. The predicted octanol–water partition coefficient (Wildman–Crippen LogP) is 2.35. The van der Waals surface area contributed by atoms with Crippen molar-refractivity contribution in [3.8, 4) is 0 Å². The Hall–Kier alpha value is -2.09. The monoisotopic (exact) mass is 338 g/mol. The molecule has 1 atom stereocenters. The maximum atomic E-state index is 12.3. The number of carboxylic acids is 1. The van der Waals surface area contributed by atoms with Crippen LogP contribution in [-0.4, -0.2) is 48.2 Å². The number of urea groups is 1. The number of amides is 2. The number of nitrogens with one attached hydrogen (secondary N) is 1. The number of nitrogens with zero attached hydrogens (tertiary/aromatic N) is 1. The van der Waals surface area contributed by atoms with Gasteiger partial charge in [0.15, 0.2) is 0 Å². The molecule has 1 saturated carbocycles. The van der Waals surface area contributed by atoms with Crippen molar-refractivity contribution in [2.45, 2.75) is 25.2 Å². The van der Waals surface area contributed by atoms with E-state index in [0.29, 0.717) is 29.4 Å². The highest BCUT2D eigenvalue weighted by atomic mass is 32.1. The van der Waals surface area contributed by atoms with Crippen LogP contribution in [0.25, 0.3) is 0 Å². The van der Waals surface area contributed by atoms with Gasteiger partial charge >= 0.3 is 18.0 Å². The van der Waals surface area contributed by atoms with E-state index in [1.807, 2.05) is 5.38 Å². The van der Waals surface area contributed by atoms with E-state index in [9.17, 15) is 14.4 Å². The van der Waals surface area contributed by atoms with Gasteiger partial charge in [0.2, 0.25) is 0 Å². The van der Waals surface area contributed by atoms with Crippen molar-refractivity contribution < 1.29 is 24.2 Å². The van der Waals surface area contributed by atoms with Crippen LogP contribution in [0, 0.1) is 5.92 Å². The summed E-state index contributed by atoms with van der Waals surface area (Å²) >= 11 is 1.31. The number of rotatable bonds is 4. The zero-order valence-electron chi connectivity index (χ0n) is 12.7. The molecule has 1 saturated heterocycles. The Kier molecular flexibility index (Phi) is 4.25. The van der Waals surface area contributed by atoms with Gasteiger partial charge in [0.1, 0.15) is 5.00 Å². The van der Waals surface area contributed by atoms with Gasteiger partial charge in [-0.15, -0.1) is 11.3 Å². The fourth-order valence-corrected chi connectivity index (χ4v) is 3.81. The van der Waals surface area contributed by atoms with Gasteiger partial charge in [-0.3, -0.25) is 10.1 Å². The van der Waals surface area contributed by atoms with Crippen LogP contribution >= 0.6 is 11.3 Å². The number of hydrogen-bond donors (Lipinski definition) is 2. The smallest absolute Gasteiger partial charge is 0.341 e. The first kappa shape index (κ1) is 15.8. The topological polar surface area (TPSA) is 95.9 Å². The molecule has 0 aromatic carbocycles.